The molecule has 2 heterocycles. The van der Waals surface area contributed by atoms with Crippen molar-refractivity contribution in [1.82, 2.24) is 25.0 Å². The zero-order valence-electron chi connectivity index (χ0n) is 29.9. The summed E-state index contributed by atoms with van der Waals surface area (Å²) in [6, 6.07) is 20.1. The van der Waals surface area contributed by atoms with Gasteiger partial charge in [0.1, 0.15) is 28.5 Å². The molecule has 5 aromatic rings. The Kier molecular flexibility index (Phi) is 11.7. The molecular formula is C39H42BrFN6O5. The van der Waals surface area contributed by atoms with E-state index in [1.54, 1.807) is 41.9 Å². The lowest BCUT2D eigenvalue weighted by Gasteiger charge is -2.18. The van der Waals surface area contributed by atoms with Gasteiger partial charge in [0.25, 0.3) is 11.5 Å². The number of halogens is 2. The van der Waals surface area contributed by atoms with Crippen LogP contribution in [0, 0.1) is 26.6 Å². The topological polar surface area (TPSA) is 140 Å². The molecule has 0 fully saturated rings. The minimum Gasteiger partial charge on any atom is -0.487 e. The number of amides is 3. The molecule has 0 aliphatic carbocycles. The first-order chi connectivity index (χ1) is 24.7. The van der Waals surface area contributed by atoms with Gasteiger partial charge in [-0.3, -0.25) is 19.5 Å². The normalized spacial score (nSPS) is 11.3. The van der Waals surface area contributed by atoms with Gasteiger partial charge in [0, 0.05) is 41.9 Å². The van der Waals surface area contributed by atoms with E-state index in [-0.39, 0.29) is 47.8 Å². The van der Waals surface area contributed by atoms with Gasteiger partial charge in [-0.1, -0.05) is 50.6 Å². The Hall–Kier alpha value is -5.27. The van der Waals surface area contributed by atoms with Crippen LogP contribution in [0.2, 0.25) is 0 Å². The maximum Gasteiger partial charge on any atom is 0.320 e. The van der Waals surface area contributed by atoms with Crippen LogP contribution in [0.25, 0.3) is 11.4 Å². The van der Waals surface area contributed by atoms with Gasteiger partial charge in [0.05, 0.1) is 23.7 Å². The van der Waals surface area contributed by atoms with Crippen molar-refractivity contribution in [2.45, 2.75) is 60.1 Å². The number of hydrogen-bond acceptors (Lipinski definition) is 6. The summed E-state index contributed by atoms with van der Waals surface area (Å²) in [6.45, 7) is 11.6. The largest absolute Gasteiger partial charge is 0.487 e. The lowest BCUT2D eigenvalue weighted by molar-refractivity contribution is 0.0944. The average molecular weight is 774 g/mol. The monoisotopic (exact) mass is 772 g/mol. The molecule has 0 atom stereocenters. The van der Waals surface area contributed by atoms with Crippen LogP contribution in [-0.4, -0.2) is 44.5 Å². The van der Waals surface area contributed by atoms with Gasteiger partial charge >= 0.3 is 6.03 Å². The van der Waals surface area contributed by atoms with Crippen molar-refractivity contribution in [3.8, 4) is 17.1 Å². The number of urea groups is 1. The Bertz CT molecular complexity index is 2170. The highest BCUT2D eigenvalue weighted by Gasteiger charge is 2.22. The maximum atomic E-state index is 14.4. The Morgan fingerprint density at radius 1 is 0.942 bits per heavy atom. The molecule has 0 aliphatic rings. The summed E-state index contributed by atoms with van der Waals surface area (Å²) < 4.78 is 23.9. The van der Waals surface area contributed by atoms with Crippen LogP contribution >= 0.6 is 15.9 Å². The fourth-order valence-corrected chi connectivity index (χ4v) is 5.87. The van der Waals surface area contributed by atoms with Crippen LogP contribution in [0.3, 0.4) is 0 Å². The molecule has 4 N–H and O–H groups in total. The van der Waals surface area contributed by atoms with Crippen molar-refractivity contribution >= 4 is 33.7 Å². The van der Waals surface area contributed by atoms with E-state index in [1.165, 1.54) is 16.7 Å². The minimum atomic E-state index is -0.503. The van der Waals surface area contributed by atoms with E-state index in [0.29, 0.717) is 33.9 Å². The third-order valence-electron chi connectivity index (χ3n) is 8.40. The second kappa shape index (κ2) is 16.0. The summed E-state index contributed by atoms with van der Waals surface area (Å²) in [6.07, 6.45) is 0. The standard InChI is InChI=1S/C39H42BrFN6O5/c1-23-7-13-30(14-8-23)47-34(20-33(45-47)39(4,5)6)44-38(51)43-21-28-18-29(41)12-11-27(28)22-52-32-17-25(3)46(37(50)35(32)40)31-19-26(10-9-24(31)2)36(49)42-15-16-48/h7-14,17-20,48H,15-16,21-22H2,1-6H3,(H,42,49)(H2,43,44,51). The molecule has 272 valence electrons. The van der Waals surface area contributed by atoms with Gasteiger partial charge in [0.2, 0.25) is 0 Å². The van der Waals surface area contributed by atoms with E-state index in [1.807, 2.05) is 65.0 Å². The van der Waals surface area contributed by atoms with Crippen molar-refractivity contribution in [3.63, 3.8) is 0 Å². The van der Waals surface area contributed by atoms with E-state index < -0.39 is 17.4 Å². The number of ether oxygens (including phenoxy) is 1. The SMILES string of the molecule is Cc1ccc(-n2nc(C(C)(C)C)cc2NC(=O)NCc2cc(F)ccc2COc2cc(C)n(-c3cc(C(=O)NCCO)ccc3C)c(=O)c2Br)cc1. The molecule has 0 saturated heterocycles. The van der Waals surface area contributed by atoms with E-state index >= 15 is 0 Å². The summed E-state index contributed by atoms with van der Waals surface area (Å²) >= 11 is 3.40. The first-order valence-electron chi connectivity index (χ1n) is 16.7. The fourth-order valence-electron chi connectivity index (χ4n) is 5.46. The molecule has 3 amide bonds. The second-order valence-electron chi connectivity index (χ2n) is 13.5. The molecule has 0 bridgehead atoms. The van der Waals surface area contributed by atoms with Crippen LogP contribution in [-0.2, 0) is 18.6 Å². The zero-order chi connectivity index (χ0) is 37.7. The third kappa shape index (κ3) is 8.78. The van der Waals surface area contributed by atoms with Crippen LogP contribution in [0.15, 0.2) is 82.1 Å². The molecule has 0 saturated carbocycles. The predicted octanol–water partition coefficient (Wildman–Crippen LogP) is 6.77. The molecule has 13 heteroatoms. The van der Waals surface area contributed by atoms with Gasteiger partial charge in [-0.25, -0.2) is 13.9 Å². The molecule has 0 aliphatic heterocycles. The summed E-state index contributed by atoms with van der Waals surface area (Å²) in [5, 5.41) is 22.1. The summed E-state index contributed by atoms with van der Waals surface area (Å²) in [7, 11) is 0. The number of nitrogens with one attached hydrogen (secondary N) is 3. The number of carbonyl (C=O) groups excluding carboxylic acids is 2. The molecule has 0 radical (unpaired) electrons. The highest BCUT2D eigenvalue weighted by Crippen LogP contribution is 2.28. The van der Waals surface area contributed by atoms with Crippen LogP contribution in [0.4, 0.5) is 15.0 Å². The van der Waals surface area contributed by atoms with Gasteiger partial charge in [-0.2, -0.15) is 5.10 Å². The highest BCUT2D eigenvalue weighted by molar-refractivity contribution is 9.10. The molecule has 5 rings (SSSR count). The molecule has 2 aromatic heterocycles. The van der Waals surface area contributed by atoms with Gasteiger partial charge in [-0.05, 0) is 89.8 Å². The zero-order valence-corrected chi connectivity index (χ0v) is 31.5. The van der Waals surface area contributed by atoms with Gasteiger partial charge in [0.15, 0.2) is 0 Å². The lowest BCUT2D eigenvalue weighted by atomic mass is 9.92. The van der Waals surface area contributed by atoms with Crippen molar-refractivity contribution in [2.24, 2.45) is 0 Å². The quantitative estimate of drug-likeness (QED) is 0.117. The Balaban J connectivity index is 1.32. The number of aliphatic hydroxyl groups is 1. The molecule has 52 heavy (non-hydrogen) atoms. The van der Waals surface area contributed by atoms with Crippen LogP contribution < -0.4 is 26.2 Å². The molecule has 11 nitrogen and oxygen atoms in total. The Labute approximate surface area is 310 Å². The summed E-state index contributed by atoms with van der Waals surface area (Å²) in [4.78, 5) is 39.4. The van der Waals surface area contributed by atoms with Crippen LogP contribution in [0.5, 0.6) is 5.75 Å². The number of hydrogen-bond donors (Lipinski definition) is 4. The maximum absolute atomic E-state index is 14.4. The number of nitrogens with zero attached hydrogens (tertiary/aromatic N) is 3. The second-order valence-corrected chi connectivity index (χ2v) is 14.3. The first kappa shape index (κ1) is 38.0. The van der Waals surface area contributed by atoms with E-state index in [0.717, 1.165) is 22.5 Å². The van der Waals surface area contributed by atoms with Gasteiger partial charge in [-0.15, -0.1) is 0 Å². The van der Waals surface area contributed by atoms with Crippen molar-refractivity contribution in [3.05, 3.63) is 133 Å². The Morgan fingerprint density at radius 2 is 1.67 bits per heavy atom. The highest BCUT2D eigenvalue weighted by atomic mass is 79.9. The number of aryl methyl sites for hydroxylation is 3. The summed E-state index contributed by atoms with van der Waals surface area (Å²) in [5.41, 5.74) is 5.31. The fraction of sp³-hybridized carbons (Fsp3) is 0.282. The molecular weight excluding hydrogens is 731 g/mol. The van der Waals surface area contributed by atoms with E-state index in [9.17, 15) is 18.8 Å². The molecule has 3 aromatic carbocycles. The van der Waals surface area contributed by atoms with E-state index in [4.69, 9.17) is 14.9 Å². The molecule has 0 spiro atoms. The number of aliphatic hydroxyl groups excluding tert-OH is 1. The van der Waals surface area contributed by atoms with Crippen molar-refractivity contribution in [2.75, 3.05) is 18.5 Å². The number of rotatable bonds is 11. The van der Waals surface area contributed by atoms with Crippen molar-refractivity contribution in [1.29, 1.82) is 0 Å². The summed E-state index contributed by atoms with van der Waals surface area (Å²) in [5.74, 6) is -0.0923. The number of carbonyl (C=O) groups is 2. The predicted molar refractivity (Wildman–Crippen MR) is 202 cm³/mol. The van der Waals surface area contributed by atoms with Gasteiger partial charge < -0.3 is 20.5 Å². The number of benzene rings is 3. The number of aromatic nitrogens is 3. The minimum absolute atomic E-state index is 0.00360. The smallest absolute Gasteiger partial charge is 0.320 e. The molecule has 0 unspecified atom stereocenters. The van der Waals surface area contributed by atoms with Crippen LogP contribution in [0.1, 0.15) is 64.8 Å². The lowest BCUT2D eigenvalue weighted by Crippen LogP contribution is -2.29. The Morgan fingerprint density at radius 3 is 2.37 bits per heavy atom. The third-order valence-corrected chi connectivity index (χ3v) is 9.13. The first-order valence-corrected chi connectivity index (χ1v) is 17.5. The van der Waals surface area contributed by atoms with Crippen molar-refractivity contribution < 1.29 is 23.8 Å². The number of pyridine rings is 1. The van der Waals surface area contributed by atoms with E-state index in [2.05, 4.69) is 31.9 Å². The number of anilines is 1. The average Bonchev–Trinajstić information content (AvgIpc) is 3.53.